The minimum atomic E-state index is -3.27. The number of morpholine rings is 1. The summed E-state index contributed by atoms with van der Waals surface area (Å²) in [5, 5.41) is 7.53. The number of nitrogens with one attached hydrogen (secondary N) is 1. The molecule has 1 N–H and O–H groups in total. The first kappa shape index (κ1) is 24.6. The second kappa shape index (κ2) is 11.7. The van der Waals surface area contributed by atoms with Crippen molar-refractivity contribution < 1.29 is 13.2 Å². The van der Waals surface area contributed by atoms with Crippen LogP contribution in [0.1, 0.15) is 25.0 Å². The molecule has 10 heteroatoms. The summed E-state index contributed by atoms with van der Waals surface area (Å²) in [4.78, 5) is 7.19. The number of aryl methyl sites for hydroxylation is 1. The summed E-state index contributed by atoms with van der Waals surface area (Å²) >= 11 is 0. The number of halogens is 1. The lowest BCUT2D eigenvalue weighted by atomic mass is 10.1. The van der Waals surface area contributed by atoms with Gasteiger partial charge in [-0.05, 0) is 25.5 Å². The summed E-state index contributed by atoms with van der Waals surface area (Å²) in [7, 11) is -1.38. The van der Waals surface area contributed by atoms with Crippen LogP contribution in [-0.4, -0.2) is 67.6 Å². The number of hydrogen-bond donors (Lipinski definition) is 1. The quantitative estimate of drug-likeness (QED) is 0.248. The molecule has 1 aliphatic rings. The molecular weight excluding hydrogens is 517 g/mol. The van der Waals surface area contributed by atoms with Gasteiger partial charge in [-0.3, -0.25) is 9.67 Å². The van der Waals surface area contributed by atoms with E-state index in [0.29, 0.717) is 31.0 Å². The van der Waals surface area contributed by atoms with Crippen LogP contribution in [0.4, 0.5) is 0 Å². The molecule has 0 amide bonds. The molecule has 1 aromatic carbocycles. The van der Waals surface area contributed by atoms with Crippen molar-refractivity contribution in [1.82, 2.24) is 20.0 Å². The van der Waals surface area contributed by atoms with Crippen LogP contribution in [0.5, 0.6) is 0 Å². The number of hydrogen-bond acceptors (Lipinski definition) is 5. The zero-order chi connectivity index (χ0) is 20.7. The summed E-state index contributed by atoms with van der Waals surface area (Å²) in [6, 6.07) is 8.56. The van der Waals surface area contributed by atoms with Gasteiger partial charge in [-0.1, -0.05) is 18.2 Å². The van der Waals surface area contributed by atoms with Gasteiger partial charge in [-0.15, -0.1) is 24.0 Å². The molecule has 2 heterocycles. The Labute approximate surface area is 195 Å². The molecule has 0 spiro atoms. The summed E-state index contributed by atoms with van der Waals surface area (Å²) < 4.78 is 32.5. The van der Waals surface area contributed by atoms with Gasteiger partial charge in [0.15, 0.2) is 15.8 Å². The van der Waals surface area contributed by atoms with Crippen molar-refractivity contribution in [2.45, 2.75) is 24.3 Å². The number of nitrogens with zero attached hydrogens (tertiary/aromatic N) is 4. The standard InChI is InChI=1S/C20H29N5O3S.HI/c1-3-21-20(22-10-7-13-29(26,27)18-8-5-4-6-9-18)25-11-12-28-19(16-25)17-14-23-24(2)15-17;/h4-6,8-9,14-15,19H,3,7,10-13,16H2,1-2H3,(H,21,22);1H. The lowest BCUT2D eigenvalue weighted by Crippen LogP contribution is -2.48. The summed E-state index contributed by atoms with van der Waals surface area (Å²) in [5.74, 6) is 0.878. The van der Waals surface area contributed by atoms with Crippen LogP contribution >= 0.6 is 24.0 Å². The van der Waals surface area contributed by atoms with E-state index in [0.717, 1.165) is 24.6 Å². The van der Waals surface area contributed by atoms with Crippen molar-refractivity contribution >= 4 is 39.8 Å². The molecule has 0 aliphatic carbocycles. The number of benzene rings is 1. The molecule has 1 aliphatic heterocycles. The average molecular weight is 547 g/mol. The summed E-state index contributed by atoms with van der Waals surface area (Å²) in [5.41, 5.74) is 1.04. The molecule has 1 unspecified atom stereocenters. The Balaban J connectivity index is 0.00000320. The predicted molar refractivity (Wildman–Crippen MR) is 128 cm³/mol. The Bertz CT molecular complexity index is 918. The molecule has 3 rings (SSSR count). The van der Waals surface area contributed by atoms with Gasteiger partial charge < -0.3 is 15.0 Å². The third-order valence-corrected chi connectivity index (χ3v) is 6.55. The maximum atomic E-state index is 12.4. The first-order valence-electron chi connectivity index (χ1n) is 9.91. The van der Waals surface area contributed by atoms with Crippen molar-refractivity contribution in [1.29, 1.82) is 0 Å². The van der Waals surface area contributed by atoms with Crippen molar-refractivity contribution in [3.05, 3.63) is 48.3 Å². The molecule has 1 aromatic heterocycles. The van der Waals surface area contributed by atoms with E-state index in [2.05, 4.69) is 20.3 Å². The third kappa shape index (κ3) is 6.67. The predicted octanol–water partition coefficient (Wildman–Crippen LogP) is 2.24. The van der Waals surface area contributed by atoms with Gasteiger partial charge in [0.1, 0.15) is 6.10 Å². The molecule has 30 heavy (non-hydrogen) atoms. The molecule has 0 radical (unpaired) electrons. The molecule has 1 atom stereocenters. The Kier molecular flexibility index (Phi) is 9.56. The fourth-order valence-electron chi connectivity index (χ4n) is 3.26. The molecule has 0 bridgehead atoms. The molecule has 1 saturated heterocycles. The van der Waals surface area contributed by atoms with Crippen molar-refractivity contribution in [2.75, 3.05) is 38.5 Å². The number of aromatic nitrogens is 2. The van der Waals surface area contributed by atoms with Crippen LogP contribution < -0.4 is 5.32 Å². The van der Waals surface area contributed by atoms with E-state index >= 15 is 0 Å². The fourth-order valence-corrected chi connectivity index (χ4v) is 4.58. The Hall–Kier alpha value is -1.66. The summed E-state index contributed by atoms with van der Waals surface area (Å²) in [6.45, 7) is 5.24. The van der Waals surface area contributed by atoms with Gasteiger partial charge in [0.2, 0.25) is 0 Å². The highest BCUT2D eigenvalue weighted by Gasteiger charge is 2.25. The largest absolute Gasteiger partial charge is 0.370 e. The van der Waals surface area contributed by atoms with E-state index in [1.54, 1.807) is 28.9 Å². The van der Waals surface area contributed by atoms with Crippen molar-refractivity contribution in [3.8, 4) is 0 Å². The lowest BCUT2D eigenvalue weighted by Gasteiger charge is -2.34. The van der Waals surface area contributed by atoms with E-state index in [9.17, 15) is 8.42 Å². The zero-order valence-electron chi connectivity index (χ0n) is 17.4. The number of guanidine groups is 1. The number of ether oxygens (including phenoxy) is 1. The van der Waals surface area contributed by atoms with Gasteiger partial charge in [0.25, 0.3) is 0 Å². The second-order valence-corrected chi connectivity index (χ2v) is 9.08. The zero-order valence-corrected chi connectivity index (χ0v) is 20.5. The minimum absolute atomic E-state index is 0. The van der Waals surface area contributed by atoms with E-state index in [1.165, 1.54) is 0 Å². The van der Waals surface area contributed by atoms with Crippen LogP contribution in [0, 0.1) is 0 Å². The van der Waals surface area contributed by atoms with Crippen LogP contribution in [0.2, 0.25) is 0 Å². The molecule has 8 nitrogen and oxygen atoms in total. The van der Waals surface area contributed by atoms with Crippen molar-refractivity contribution in [3.63, 3.8) is 0 Å². The fraction of sp³-hybridized carbons (Fsp3) is 0.500. The van der Waals surface area contributed by atoms with Gasteiger partial charge in [-0.2, -0.15) is 5.10 Å². The van der Waals surface area contributed by atoms with Crippen LogP contribution in [0.25, 0.3) is 0 Å². The Morgan fingerprint density at radius 2 is 2.10 bits per heavy atom. The highest BCUT2D eigenvalue weighted by atomic mass is 127. The van der Waals surface area contributed by atoms with Gasteiger partial charge in [0, 0.05) is 38.4 Å². The molecule has 2 aromatic rings. The molecule has 0 saturated carbocycles. The van der Waals surface area contributed by atoms with E-state index in [-0.39, 0.29) is 35.8 Å². The number of rotatable bonds is 7. The average Bonchev–Trinajstić information content (AvgIpc) is 3.17. The molecule has 1 fully saturated rings. The Morgan fingerprint density at radius 1 is 1.33 bits per heavy atom. The first-order valence-corrected chi connectivity index (χ1v) is 11.6. The van der Waals surface area contributed by atoms with Crippen molar-refractivity contribution in [2.24, 2.45) is 12.0 Å². The normalized spacial score (nSPS) is 17.5. The van der Waals surface area contributed by atoms with E-state index in [1.807, 2.05) is 32.4 Å². The Morgan fingerprint density at radius 3 is 2.77 bits per heavy atom. The maximum Gasteiger partial charge on any atom is 0.194 e. The van der Waals surface area contributed by atoms with E-state index in [4.69, 9.17) is 4.74 Å². The SMILES string of the molecule is CCNC(=NCCCS(=O)(=O)c1ccccc1)N1CCOC(c2cnn(C)c2)C1.I. The summed E-state index contributed by atoms with van der Waals surface area (Å²) in [6.07, 6.45) is 4.21. The maximum absolute atomic E-state index is 12.4. The molecular formula is C20H30IN5O3S. The minimum Gasteiger partial charge on any atom is -0.370 e. The van der Waals surface area contributed by atoms with Gasteiger partial charge >= 0.3 is 0 Å². The smallest absolute Gasteiger partial charge is 0.194 e. The monoisotopic (exact) mass is 547 g/mol. The highest BCUT2D eigenvalue weighted by molar-refractivity contribution is 14.0. The topological polar surface area (TPSA) is 88.8 Å². The van der Waals surface area contributed by atoms with Crippen LogP contribution in [0.15, 0.2) is 52.6 Å². The van der Waals surface area contributed by atoms with Crippen LogP contribution in [-0.2, 0) is 21.6 Å². The third-order valence-electron chi connectivity index (χ3n) is 4.73. The number of aliphatic imine (C=N–C) groups is 1. The van der Waals surface area contributed by atoms with Gasteiger partial charge in [-0.25, -0.2) is 8.42 Å². The van der Waals surface area contributed by atoms with E-state index < -0.39 is 9.84 Å². The molecule has 166 valence electrons. The first-order chi connectivity index (χ1) is 14.0. The van der Waals surface area contributed by atoms with Gasteiger partial charge in [0.05, 0.1) is 30.0 Å². The second-order valence-electron chi connectivity index (χ2n) is 6.97. The highest BCUT2D eigenvalue weighted by Crippen LogP contribution is 2.21. The number of sulfone groups is 1. The lowest BCUT2D eigenvalue weighted by molar-refractivity contribution is -0.00803. The van der Waals surface area contributed by atoms with Crippen LogP contribution in [0.3, 0.4) is 0 Å².